The van der Waals surface area contributed by atoms with Crippen molar-refractivity contribution in [1.82, 2.24) is 4.90 Å². The summed E-state index contributed by atoms with van der Waals surface area (Å²) in [4.78, 5) is 25.4. The monoisotopic (exact) mass is 256 g/mol. The molecule has 0 aromatic carbocycles. The molecule has 104 valence electrons. The van der Waals surface area contributed by atoms with E-state index in [4.69, 9.17) is 10.5 Å². The summed E-state index contributed by atoms with van der Waals surface area (Å²) in [6.07, 6.45) is 3.89. The Hall–Kier alpha value is -1.10. The van der Waals surface area contributed by atoms with E-state index in [0.29, 0.717) is 31.8 Å². The van der Waals surface area contributed by atoms with Gasteiger partial charge in [-0.25, -0.2) is 4.79 Å². The number of piperidine rings is 1. The SMILES string of the molecule is COC(=O)C1CCCCN1C(=O)CCC(C)CN. The minimum absolute atomic E-state index is 0.0467. The van der Waals surface area contributed by atoms with Gasteiger partial charge in [0.05, 0.1) is 7.11 Å². The Morgan fingerprint density at radius 3 is 2.78 bits per heavy atom. The quantitative estimate of drug-likeness (QED) is 0.742. The molecule has 1 heterocycles. The first-order chi connectivity index (χ1) is 8.60. The predicted molar refractivity (Wildman–Crippen MR) is 68.8 cm³/mol. The summed E-state index contributed by atoms with van der Waals surface area (Å²) in [7, 11) is 1.37. The third kappa shape index (κ3) is 3.98. The summed E-state index contributed by atoms with van der Waals surface area (Å²) in [5.74, 6) is 0.0932. The Labute approximate surface area is 109 Å². The molecule has 2 atom stereocenters. The number of esters is 1. The second-order valence-corrected chi connectivity index (χ2v) is 5.00. The molecule has 1 aliphatic rings. The van der Waals surface area contributed by atoms with Crippen LogP contribution >= 0.6 is 0 Å². The number of nitrogens with two attached hydrogens (primary N) is 1. The number of carbonyl (C=O) groups is 2. The third-order valence-electron chi connectivity index (χ3n) is 3.55. The van der Waals surface area contributed by atoms with Crippen LogP contribution in [-0.4, -0.2) is 43.0 Å². The maximum absolute atomic E-state index is 12.1. The second kappa shape index (κ2) is 7.36. The van der Waals surface area contributed by atoms with Gasteiger partial charge in [0.25, 0.3) is 0 Å². The number of amides is 1. The van der Waals surface area contributed by atoms with Crippen LogP contribution < -0.4 is 5.73 Å². The number of rotatable bonds is 5. The van der Waals surface area contributed by atoms with Crippen LogP contribution in [0.5, 0.6) is 0 Å². The molecule has 0 aromatic rings. The molecule has 1 amide bonds. The molecule has 2 N–H and O–H groups in total. The van der Waals surface area contributed by atoms with Crippen molar-refractivity contribution in [2.24, 2.45) is 11.7 Å². The van der Waals surface area contributed by atoms with Gasteiger partial charge >= 0.3 is 5.97 Å². The number of carbonyl (C=O) groups excluding carboxylic acids is 2. The minimum atomic E-state index is -0.385. The van der Waals surface area contributed by atoms with Crippen molar-refractivity contribution in [3.8, 4) is 0 Å². The van der Waals surface area contributed by atoms with Crippen LogP contribution in [0.4, 0.5) is 0 Å². The molecule has 1 rings (SSSR count). The van der Waals surface area contributed by atoms with Crippen LogP contribution in [0.25, 0.3) is 0 Å². The summed E-state index contributed by atoms with van der Waals surface area (Å²) in [6, 6.07) is -0.385. The van der Waals surface area contributed by atoms with Crippen molar-refractivity contribution in [1.29, 1.82) is 0 Å². The molecule has 0 bridgehead atoms. The predicted octanol–water partition coefficient (Wildman–Crippen LogP) is 0.915. The normalized spacial score (nSPS) is 21.5. The molecule has 0 aromatic heterocycles. The van der Waals surface area contributed by atoms with Gasteiger partial charge < -0.3 is 15.4 Å². The second-order valence-electron chi connectivity index (χ2n) is 5.00. The average molecular weight is 256 g/mol. The lowest BCUT2D eigenvalue weighted by Gasteiger charge is -2.34. The van der Waals surface area contributed by atoms with Crippen LogP contribution in [0.3, 0.4) is 0 Å². The van der Waals surface area contributed by atoms with E-state index in [0.717, 1.165) is 19.3 Å². The first kappa shape index (κ1) is 15.0. The summed E-state index contributed by atoms with van der Waals surface area (Å²) < 4.78 is 4.76. The zero-order chi connectivity index (χ0) is 13.5. The molecule has 0 aliphatic carbocycles. The molecular weight excluding hydrogens is 232 g/mol. The number of hydrogen-bond acceptors (Lipinski definition) is 4. The Bertz CT molecular complexity index is 294. The molecule has 0 spiro atoms. The lowest BCUT2D eigenvalue weighted by atomic mass is 10.00. The number of methoxy groups -OCH3 is 1. The van der Waals surface area contributed by atoms with Crippen molar-refractivity contribution in [2.45, 2.75) is 45.1 Å². The van der Waals surface area contributed by atoms with Gasteiger partial charge in [-0.15, -0.1) is 0 Å². The van der Waals surface area contributed by atoms with E-state index in [-0.39, 0.29) is 17.9 Å². The number of ether oxygens (including phenoxy) is 1. The number of nitrogens with zero attached hydrogens (tertiary/aromatic N) is 1. The van der Waals surface area contributed by atoms with Gasteiger partial charge in [0.1, 0.15) is 6.04 Å². The fraction of sp³-hybridized carbons (Fsp3) is 0.846. The lowest BCUT2D eigenvalue weighted by molar-refractivity contribution is -0.154. The van der Waals surface area contributed by atoms with Gasteiger partial charge in [-0.2, -0.15) is 0 Å². The van der Waals surface area contributed by atoms with Gasteiger partial charge in [-0.05, 0) is 38.1 Å². The molecule has 0 saturated carbocycles. The number of likely N-dealkylation sites (tertiary alicyclic amines) is 1. The Morgan fingerprint density at radius 2 is 2.17 bits per heavy atom. The van der Waals surface area contributed by atoms with E-state index in [9.17, 15) is 9.59 Å². The smallest absolute Gasteiger partial charge is 0.328 e. The molecular formula is C13H24N2O3. The van der Waals surface area contributed by atoms with Crippen molar-refractivity contribution in [3.05, 3.63) is 0 Å². The van der Waals surface area contributed by atoms with Crippen molar-refractivity contribution in [2.75, 3.05) is 20.2 Å². The zero-order valence-corrected chi connectivity index (χ0v) is 11.4. The Morgan fingerprint density at radius 1 is 1.44 bits per heavy atom. The first-order valence-corrected chi connectivity index (χ1v) is 6.67. The van der Waals surface area contributed by atoms with E-state index < -0.39 is 0 Å². The summed E-state index contributed by atoms with van der Waals surface area (Å²) in [5.41, 5.74) is 5.53. The molecule has 5 heteroatoms. The van der Waals surface area contributed by atoms with Crippen LogP contribution in [0, 0.1) is 5.92 Å². The standard InChI is InChI=1S/C13H24N2O3/c1-10(9-14)6-7-12(16)15-8-4-3-5-11(15)13(17)18-2/h10-11H,3-9,14H2,1-2H3. The van der Waals surface area contributed by atoms with Gasteiger partial charge in [0.15, 0.2) is 0 Å². The summed E-state index contributed by atoms with van der Waals surface area (Å²) >= 11 is 0. The van der Waals surface area contributed by atoms with Crippen molar-refractivity contribution < 1.29 is 14.3 Å². The maximum atomic E-state index is 12.1. The van der Waals surface area contributed by atoms with Gasteiger partial charge in [-0.1, -0.05) is 6.92 Å². The number of hydrogen-bond donors (Lipinski definition) is 1. The molecule has 1 aliphatic heterocycles. The maximum Gasteiger partial charge on any atom is 0.328 e. The largest absolute Gasteiger partial charge is 0.467 e. The van der Waals surface area contributed by atoms with E-state index in [2.05, 4.69) is 0 Å². The highest BCUT2D eigenvalue weighted by Crippen LogP contribution is 2.20. The van der Waals surface area contributed by atoms with E-state index in [1.807, 2.05) is 6.92 Å². The molecule has 18 heavy (non-hydrogen) atoms. The fourth-order valence-electron chi connectivity index (χ4n) is 2.24. The zero-order valence-electron chi connectivity index (χ0n) is 11.4. The Kier molecular flexibility index (Phi) is 6.12. The summed E-state index contributed by atoms with van der Waals surface area (Å²) in [5, 5.41) is 0. The first-order valence-electron chi connectivity index (χ1n) is 6.67. The fourth-order valence-corrected chi connectivity index (χ4v) is 2.24. The van der Waals surface area contributed by atoms with E-state index in [1.165, 1.54) is 7.11 Å². The molecule has 1 saturated heterocycles. The van der Waals surface area contributed by atoms with Gasteiger partial charge in [-0.3, -0.25) is 4.79 Å². The van der Waals surface area contributed by atoms with Gasteiger partial charge in [0.2, 0.25) is 5.91 Å². The highest BCUT2D eigenvalue weighted by molar-refractivity contribution is 5.84. The van der Waals surface area contributed by atoms with Gasteiger partial charge in [0, 0.05) is 13.0 Å². The highest BCUT2D eigenvalue weighted by atomic mass is 16.5. The molecule has 2 unspecified atom stereocenters. The minimum Gasteiger partial charge on any atom is -0.467 e. The van der Waals surface area contributed by atoms with Crippen molar-refractivity contribution in [3.63, 3.8) is 0 Å². The van der Waals surface area contributed by atoms with Crippen molar-refractivity contribution >= 4 is 11.9 Å². The van der Waals surface area contributed by atoms with Crippen LogP contribution in [0.1, 0.15) is 39.0 Å². The average Bonchev–Trinajstić information content (AvgIpc) is 2.43. The van der Waals surface area contributed by atoms with Crippen LogP contribution in [0.2, 0.25) is 0 Å². The van der Waals surface area contributed by atoms with Crippen LogP contribution in [-0.2, 0) is 14.3 Å². The van der Waals surface area contributed by atoms with E-state index in [1.54, 1.807) is 4.90 Å². The third-order valence-corrected chi connectivity index (χ3v) is 3.55. The molecule has 1 fully saturated rings. The van der Waals surface area contributed by atoms with E-state index >= 15 is 0 Å². The topological polar surface area (TPSA) is 72.6 Å². The Balaban J connectivity index is 2.54. The lowest BCUT2D eigenvalue weighted by Crippen LogP contribution is -2.48. The summed E-state index contributed by atoms with van der Waals surface area (Å²) in [6.45, 7) is 3.28. The molecule has 5 nitrogen and oxygen atoms in total. The van der Waals surface area contributed by atoms with Crippen LogP contribution in [0.15, 0.2) is 0 Å². The highest BCUT2D eigenvalue weighted by Gasteiger charge is 2.32. The molecule has 0 radical (unpaired) electrons.